The highest BCUT2D eigenvalue weighted by Crippen LogP contribution is 2.34. The van der Waals surface area contributed by atoms with E-state index in [0.29, 0.717) is 5.56 Å². The molecule has 0 radical (unpaired) electrons. The molecule has 0 aliphatic carbocycles. The molecule has 0 atom stereocenters. The van der Waals surface area contributed by atoms with Crippen LogP contribution >= 0.6 is 0 Å². The minimum atomic E-state index is -0.399. The minimum Gasteiger partial charge on any atom is -0.495 e. The van der Waals surface area contributed by atoms with Gasteiger partial charge in [0.25, 0.3) is 5.91 Å². The average molecular weight is 232 g/mol. The molecule has 0 saturated heterocycles. The van der Waals surface area contributed by atoms with Crippen LogP contribution < -0.4 is 10.5 Å². The lowest BCUT2D eigenvalue weighted by Crippen LogP contribution is -2.12. The topological polar surface area (TPSA) is 57.2 Å². The zero-order valence-corrected chi connectivity index (χ0v) is 10.5. The molecule has 0 saturated carbocycles. The predicted octanol–water partition coefficient (Wildman–Crippen LogP) is 1.90. The lowest BCUT2D eigenvalue weighted by Gasteiger charge is -2.06. The summed E-state index contributed by atoms with van der Waals surface area (Å²) in [6.45, 7) is 3.85. The minimum absolute atomic E-state index is 0.399. The average Bonchev–Trinajstić information content (AvgIpc) is 2.55. The molecule has 0 spiro atoms. The third kappa shape index (κ3) is 1.48. The summed E-state index contributed by atoms with van der Waals surface area (Å²) in [5.74, 6) is 0.355. The molecular formula is C13H16N2O2. The van der Waals surface area contributed by atoms with Gasteiger partial charge in [0.1, 0.15) is 5.75 Å². The summed E-state index contributed by atoms with van der Waals surface area (Å²) in [6, 6.07) is 3.84. The van der Waals surface area contributed by atoms with E-state index in [4.69, 9.17) is 10.5 Å². The normalized spacial score (nSPS) is 10.8. The van der Waals surface area contributed by atoms with Gasteiger partial charge in [-0.05, 0) is 25.5 Å². The molecule has 1 aromatic carbocycles. The largest absolute Gasteiger partial charge is 0.495 e. The van der Waals surface area contributed by atoms with E-state index in [0.717, 1.165) is 27.9 Å². The van der Waals surface area contributed by atoms with Crippen LogP contribution in [0.4, 0.5) is 0 Å². The summed E-state index contributed by atoms with van der Waals surface area (Å²) in [7, 11) is 3.53. The van der Waals surface area contributed by atoms with Crippen molar-refractivity contribution < 1.29 is 9.53 Å². The number of aromatic nitrogens is 1. The van der Waals surface area contributed by atoms with Crippen molar-refractivity contribution in [1.29, 1.82) is 0 Å². The van der Waals surface area contributed by atoms with Crippen LogP contribution in [-0.4, -0.2) is 17.6 Å². The Bertz CT molecular complexity index is 612. The van der Waals surface area contributed by atoms with Crippen molar-refractivity contribution >= 4 is 16.8 Å². The number of benzene rings is 1. The number of rotatable bonds is 2. The molecule has 0 bridgehead atoms. The Morgan fingerprint density at radius 2 is 2.00 bits per heavy atom. The van der Waals surface area contributed by atoms with Gasteiger partial charge in [-0.2, -0.15) is 0 Å². The lowest BCUT2D eigenvalue weighted by molar-refractivity contribution is 0.100. The van der Waals surface area contributed by atoms with Crippen LogP contribution in [0.5, 0.6) is 5.75 Å². The Labute approximate surface area is 100.0 Å². The van der Waals surface area contributed by atoms with Crippen LogP contribution in [0.1, 0.15) is 21.6 Å². The maximum Gasteiger partial charge on any atom is 0.251 e. The van der Waals surface area contributed by atoms with Crippen LogP contribution in [0.2, 0.25) is 0 Å². The van der Waals surface area contributed by atoms with Gasteiger partial charge in [-0.3, -0.25) is 4.79 Å². The Kier molecular flexibility index (Phi) is 2.58. The fraction of sp³-hybridized carbons (Fsp3) is 0.308. The van der Waals surface area contributed by atoms with Gasteiger partial charge in [-0.1, -0.05) is 6.07 Å². The van der Waals surface area contributed by atoms with Crippen LogP contribution in [0.15, 0.2) is 12.1 Å². The van der Waals surface area contributed by atoms with Gasteiger partial charge in [-0.25, -0.2) is 0 Å². The van der Waals surface area contributed by atoms with Crippen molar-refractivity contribution in [3.8, 4) is 5.75 Å². The fourth-order valence-electron chi connectivity index (χ4n) is 2.30. The van der Waals surface area contributed by atoms with Gasteiger partial charge >= 0.3 is 0 Å². The van der Waals surface area contributed by atoms with Crippen LogP contribution in [-0.2, 0) is 7.05 Å². The first-order valence-corrected chi connectivity index (χ1v) is 5.41. The van der Waals surface area contributed by atoms with Crippen LogP contribution in [0, 0.1) is 13.8 Å². The molecule has 1 aromatic heterocycles. The van der Waals surface area contributed by atoms with Gasteiger partial charge in [0.05, 0.1) is 18.2 Å². The molecule has 1 amide bonds. The maximum absolute atomic E-state index is 11.6. The molecule has 90 valence electrons. The third-order valence-corrected chi connectivity index (χ3v) is 3.27. The molecular weight excluding hydrogens is 216 g/mol. The number of methoxy groups -OCH3 is 1. The predicted molar refractivity (Wildman–Crippen MR) is 67.5 cm³/mol. The number of ether oxygens (including phenoxy) is 1. The molecule has 17 heavy (non-hydrogen) atoms. The number of carbonyl (C=O) groups excluding carboxylic acids is 1. The standard InChI is InChI=1S/C13H16N2O2/c1-7-5-6-9(17-4)12-10(7)11(13(14)16)8(2)15(12)3/h5-6H,1-4H3,(H2,14,16). The first kappa shape index (κ1) is 11.5. The van der Waals surface area contributed by atoms with E-state index in [9.17, 15) is 4.79 Å². The van der Waals surface area contributed by atoms with Crippen molar-refractivity contribution in [1.82, 2.24) is 4.57 Å². The van der Waals surface area contributed by atoms with E-state index in [1.54, 1.807) is 7.11 Å². The molecule has 0 unspecified atom stereocenters. The molecule has 1 heterocycles. The molecule has 0 aliphatic rings. The Morgan fingerprint density at radius 1 is 1.35 bits per heavy atom. The second-order valence-electron chi connectivity index (χ2n) is 4.19. The van der Waals surface area contributed by atoms with E-state index < -0.39 is 5.91 Å². The fourth-order valence-corrected chi connectivity index (χ4v) is 2.30. The maximum atomic E-state index is 11.6. The van der Waals surface area contributed by atoms with Crippen LogP contribution in [0.3, 0.4) is 0 Å². The Balaban J connectivity index is 3.03. The van der Waals surface area contributed by atoms with E-state index in [2.05, 4.69) is 0 Å². The van der Waals surface area contributed by atoms with E-state index in [-0.39, 0.29) is 0 Å². The van der Waals surface area contributed by atoms with Crippen molar-refractivity contribution in [3.05, 3.63) is 29.0 Å². The molecule has 4 nitrogen and oxygen atoms in total. The highest BCUT2D eigenvalue weighted by molar-refractivity contribution is 6.10. The van der Waals surface area contributed by atoms with E-state index in [1.807, 2.05) is 37.6 Å². The number of nitrogens with two attached hydrogens (primary N) is 1. The Morgan fingerprint density at radius 3 is 2.53 bits per heavy atom. The number of amides is 1. The number of hydrogen-bond donors (Lipinski definition) is 1. The molecule has 2 aromatic rings. The number of fused-ring (bicyclic) bond motifs is 1. The first-order valence-electron chi connectivity index (χ1n) is 5.41. The Hall–Kier alpha value is -1.97. The summed E-state index contributed by atoms with van der Waals surface area (Å²) in [5, 5.41) is 0.886. The van der Waals surface area contributed by atoms with Crippen molar-refractivity contribution in [3.63, 3.8) is 0 Å². The van der Waals surface area contributed by atoms with Gasteiger partial charge in [0.2, 0.25) is 0 Å². The summed E-state index contributed by atoms with van der Waals surface area (Å²) in [6.07, 6.45) is 0. The van der Waals surface area contributed by atoms with Gasteiger partial charge in [0, 0.05) is 18.1 Å². The summed E-state index contributed by atoms with van der Waals surface area (Å²) < 4.78 is 7.28. The van der Waals surface area contributed by atoms with Gasteiger partial charge in [-0.15, -0.1) is 0 Å². The lowest BCUT2D eigenvalue weighted by atomic mass is 10.1. The van der Waals surface area contributed by atoms with Crippen LogP contribution in [0.25, 0.3) is 10.9 Å². The number of carbonyl (C=O) groups is 1. The van der Waals surface area contributed by atoms with Crippen molar-refractivity contribution in [2.75, 3.05) is 7.11 Å². The smallest absolute Gasteiger partial charge is 0.251 e. The SMILES string of the molecule is COc1ccc(C)c2c(C(N)=O)c(C)n(C)c12. The summed E-state index contributed by atoms with van der Waals surface area (Å²) in [5.41, 5.74) is 8.85. The second kappa shape index (κ2) is 3.80. The molecule has 0 fully saturated rings. The molecule has 2 rings (SSSR count). The highest BCUT2D eigenvalue weighted by atomic mass is 16.5. The van der Waals surface area contributed by atoms with Gasteiger partial charge in [0.15, 0.2) is 0 Å². The molecule has 0 aliphatic heterocycles. The monoisotopic (exact) mass is 232 g/mol. The van der Waals surface area contributed by atoms with E-state index in [1.165, 1.54) is 0 Å². The second-order valence-corrected chi connectivity index (χ2v) is 4.19. The first-order chi connectivity index (χ1) is 7.99. The number of primary amides is 1. The number of nitrogens with zero attached hydrogens (tertiary/aromatic N) is 1. The summed E-state index contributed by atoms with van der Waals surface area (Å²) in [4.78, 5) is 11.6. The van der Waals surface area contributed by atoms with Crippen molar-refractivity contribution in [2.45, 2.75) is 13.8 Å². The molecule has 4 heteroatoms. The zero-order valence-electron chi connectivity index (χ0n) is 10.5. The van der Waals surface area contributed by atoms with E-state index >= 15 is 0 Å². The highest BCUT2D eigenvalue weighted by Gasteiger charge is 2.20. The third-order valence-electron chi connectivity index (χ3n) is 3.27. The number of hydrogen-bond acceptors (Lipinski definition) is 2. The number of aryl methyl sites for hydroxylation is 2. The summed E-state index contributed by atoms with van der Waals surface area (Å²) >= 11 is 0. The molecule has 2 N–H and O–H groups in total. The zero-order chi connectivity index (χ0) is 12.7. The van der Waals surface area contributed by atoms with Gasteiger partial charge < -0.3 is 15.0 Å². The van der Waals surface area contributed by atoms with Crippen molar-refractivity contribution in [2.24, 2.45) is 12.8 Å². The quantitative estimate of drug-likeness (QED) is 0.859.